The Hall–Kier alpha value is -1.81. The van der Waals surface area contributed by atoms with Gasteiger partial charge in [0.05, 0.1) is 6.61 Å². The zero-order valence-electron chi connectivity index (χ0n) is 9.97. The van der Waals surface area contributed by atoms with Crippen LogP contribution in [0.2, 0.25) is 0 Å². The lowest BCUT2D eigenvalue weighted by atomic mass is 10.1. The summed E-state index contributed by atoms with van der Waals surface area (Å²) in [5.74, 6) is -0.197. The van der Waals surface area contributed by atoms with E-state index in [1.54, 1.807) is 14.0 Å². The van der Waals surface area contributed by atoms with Crippen molar-refractivity contribution in [1.29, 1.82) is 0 Å². The first-order chi connectivity index (χ1) is 8.13. The molecule has 0 saturated carbocycles. The third kappa shape index (κ3) is 4.70. The lowest BCUT2D eigenvalue weighted by molar-refractivity contribution is -0.131. The van der Waals surface area contributed by atoms with Gasteiger partial charge in [-0.05, 0) is 30.2 Å². The van der Waals surface area contributed by atoms with Gasteiger partial charge in [-0.25, -0.2) is 4.79 Å². The molecule has 0 bridgehead atoms. The van der Waals surface area contributed by atoms with Crippen LogP contribution in [0, 0.1) is 0 Å². The molecule has 0 atom stereocenters. The molecule has 0 spiro atoms. The maximum atomic E-state index is 10.5. The molecule has 0 heterocycles. The Bertz CT molecular complexity index is 392. The summed E-state index contributed by atoms with van der Waals surface area (Å²) in [4.78, 5) is 10.5. The van der Waals surface area contributed by atoms with Gasteiger partial charge in [0.25, 0.3) is 0 Å². The molecule has 0 saturated heterocycles. The van der Waals surface area contributed by atoms with E-state index in [4.69, 9.17) is 14.6 Å². The third-order valence-corrected chi connectivity index (χ3v) is 2.21. The Kier molecular flexibility index (Phi) is 5.23. The Balaban J connectivity index is 2.64. The number of hydrogen-bond acceptors (Lipinski definition) is 3. The Morgan fingerprint density at radius 1 is 1.29 bits per heavy atom. The van der Waals surface area contributed by atoms with Crippen LogP contribution in [0.15, 0.2) is 30.3 Å². The topological polar surface area (TPSA) is 55.8 Å². The van der Waals surface area contributed by atoms with Crippen LogP contribution in [-0.2, 0) is 9.53 Å². The van der Waals surface area contributed by atoms with E-state index in [2.05, 4.69) is 0 Å². The normalized spacial score (nSPS) is 11.3. The summed E-state index contributed by atoms with van der Waals surface area (Å²) >= 11 is 0. The SMILES string of the molecule is COCCOc1ccc(/C(C)=C/C(=O)O)cc1. The number of carboxylic acid groups (broad SMARTS) is 1. The minimum Gasteiger partial charge on any atom is -0.491 e. The summed E-state index contributed by atoms with van der Waals surface area (Å²) < 4.78 is 10.3. The number of hydrogen-bond donors (Lipinski definition) is 1. The number of rotatable bonds is 6. The van der Waals surface area contributed by atoms with Crippen molar-refractivity contribution in [2.24, 2.45) is 0 Å². The maximum Gasteiger partial charge on any atom is 0.328 e. The van der Waals surface area contributed by atoms with Crippen molar-refractivity contribution in [3.63, 3.8) is 0 Å². The average molecular weight is 236 g/mol. The molecule has 0 aliphatic heterocycles. The summed E-state index contributed by atoms with van der Waals surface area (Å²) in [7, 11) is 1.62. The van der Waals surface area contributed by atoms with Crippen molar-refractivity contribution in [3.8, 4) is 5.75 Å². The monoisotopic (exact) mass is 236 g/mol. The van der Waals surface area contributed by atoms with E-state index in [0.717, 1.165) is 11.3 Å². The molecular weight excluding hydrogens is 220 g/mol. The molecule has 1 rings (SSSR count). The summed E-state index contributed by atoms with van der Waals surface area (Å²) in [6.45, 7) is 2.80. The minimum absolute atomic E-state index is 0.500. The third-order valence-electron chi connectivity index (χ3n) is 2.21. The molecule has 0 aliphatic carbocycles. The van der Waals surface area contributed by atoms with Gasteiger partial charge in [-0.15, -0.1) is 0 Å². The van der Waals surface area contributed by atoms with Crippen molar-refractivity contribution in [1.82, 2.24) is 0 Å². The smallest absolute Gasteiger partial charge is 0.328 e. The van der Waals surface area contributed by atoms with Crippen LogP contribution in [-0.4, -0.2) is 31.4 Å². The average Bonchev–Trinajstić information content (AvgIpc) is 2.29. The van der Waals surface area contributed by atoms with Crippen LogP contribution >= 0.6 is 0 Å². The number of carboxylic acids is 1. The number of benzene rings is 1. The Morgan fingerprint density at radius 2 is 1.94 bits per heavy atom. The minimum atomic E-state index is -0.942. The van der Waals surface area contributed by atoms with Gasteiger partial charge in [-0.3, -0.25) is 0 Å². The molecular formula is C13H16O4. The van der Waals surface area contributed by atoms with E-state index in [0.29, 0.717) is 18.8 Å². The van der Waals surface area contributed by atoms with Crippen molar-refractivity contribution in [2.45, 2.75) is 6.92 Å². The highest BCUT2D eigenvalue weighted by atomic mass is 16.5. The molecule has 1 aromatic carbocycles. The molecule has 4 heteroatoms. The van der Waals surface area contributed by atoms with Crippen LogP contribution < -0.4 is 4.74 Å². The quantitative estimate of drug-likeness (QED) is 0.607. The molecule has 1 aromatic rings. The fraction of sp³-hybridized carbons (Fsp3) is 0.308. The van der Waals surface area contributed by atoms with Gasteiger partial charge >= 0.3 is 5.97 Å². The molecule has 0 unspecified atom stereocenters. The highest BCUT2D eigenvalue weighted by Gasteiger charge is 1.99. The summed E-state index contributed by atoms with van der Waals surface area (Å²) in [5.41, 5.74) is 1.58. The highest BCUT2D eigenvalue weighted by Crippen LogP contribution is 2.18. The second-order valence-corrected chi connectivity index (χ2v) is 3.53. The van der Waals surface area contributed by atoms with Crippen LogP contribution in [0.4, 0.5) is 0 Å². The van der Waals surface area contributed by atoms with Gasteiger partial charge < -0.3 is 14.6 Å². The number of carbonyl (C=O) groups is 1. The van der Waals surface area contributed by atoms with Gasteiger partial charge in [0.2, 0.25) is 0 Å². The maximum absolute atomic E-state index is 10.5. The van der Waals surface area contributed by atoms with E-state index in [1.807, 2.05) is 24.3 Å². The second-order valence-electron chi connectivity index (χ2n) is 3.53. The molecule has 0 fully saturated rings. The molecule has 92 valence electrons. The van der Waals surface area contributed by atoms with Gasteiger partial charge in [-0.1, -0.05) is 12.1 Å². The predicted molar refractivity (Wildman–Crippen MR) is 65.1 cm³/mol. The second kappa shape index (κ2) is 6.70. The highest BCUT2D eigenvalue weighted by molar-refractivity contribution is 5.89. The standard InChI is InChI=1S/C13H16O4/c1-10(9-13(14)15)11-3-5-12(6-4-11)17-8-7-16-2/h3-6,9H,7-8H2,1-2H3,(H,14,15)/b10-9+. The zero-order chi connectivity index (χ0) is 12.7. The molecule has 17 heavy (non-hydrogen) atoms. The zero-order valence-corrected chi connectivity index (χ0v) is 9.97. The van der Waals surface area contributed by atoms with E-state index < -0.39 is 5.97 Å². The predicted octanol–water partition coefficient (Wildman–Crippen LogP) is 2.20. The molecule has 1 N–H and O–H groups in total. The van der Waals surface area contributed by atoms with Crippen molar-refractivity contribution >= 4 is 11.5 Å². The van der Waals surface area contributed by atoms with Crippen LogP contribution in [0.1, 0.15) is 12.5 Å². The molecule has 0 amide bonds. The molecule has 4 nitrogen and oxygen atoms in total. The van der Waals surface area contributed by atoms with E-state index in [1.165, 1.54) is 6.08 Å². The van der Waals surface area contributed by atoms with Crippen LogP contribution in [0.25, 0.3) is 5.57 Å². The number of aliphatic carboxylic acids is 1. The first-order valence-corrected chi connectivity index (χ1v) is 5.27. The van der Waals surface area contributed by atoms with Crippen molar-refractivity contribution < 1.29 is 19.4 Å². The molecule has 0 aromatic heterocycles. The Labute approximate surface area is 100 Å². The molecule has 0 aliphatic rings. The fourth-order valence-corrected chi connectivity index (χ4v) is 1.33. The number of methoxy groups -OCH3 is 1. The van der Waals surface area contributed by atoms with Gasteiger partial charge in [0.15, 0.2) is 0 Å². The summed E-state index contributed by atoms with van der Waals surface area (Å²) in [6, 6.07) is 7.28. The number of ether oxygens (including phenoxy) is 2. The van der Waals surface area contributed by atoms with Gasteiger partial charge in [0, 0.05) is 13.2 Å². The lowest BCUT2D eigenvalue weighted by Crippen LogP contribution is -2.04. The first-order valence-electron chi connectivity index (χ1n) is 5.27. The first kappa shape index (κ1) is 13.3. The number of allylic oxidation sites excluding steroid dienone is 1. The van der Waals surface area contributed by atoms with E-state index >= 15 is 0 Å². The molecule has 0 radical (unpaired) electrons. The van der Waals surface area contributed by atoms with Gasteiger partial charge in [-0.2, -0.15) is 0 Å². The lowest BCUT2D eigenvalue weighted by Gasteiger charge is -2.06. The van der Waals surface area contributed by atoms with Crippen molar-refractivity contribution in [3.05, 3.63) is 35.9 Å². The Morgan fingerprint density at radius 3 is 2.47 bits per heavy atom. The van der Waals surface area contributed by atoms with Crippen LogP contribution in [0.5, 0.6) is 5.75 Å². The largest absolute Gasteiger partial charge is 0.491 e. The summed E-state index contributed by atoms with van der Waals surface area (Å²) in [5, 5.41) is 8.63. The van der Waals surface area contributed by atoms with Crippen LogP contribution in [0.3, 0.4) is 0 Å². The van der Waals surface area contributed by atoms with E-state index in [-0.39, 0.29) is 0 Å². The van der Waals surface area contributed by atoms with Crippen molar-refractivity contribution in [2.75, 3.05) is 20.3 Å². The fourth-order valence-electron chi connectivity index (χ4n) is 1.33. The van der Waals surface area contributed by atoms with Gasteiger partial charge in [0.1, 0.15) is 12.4 Å². The summed E-state index contributed by atoms with van der Waals surface area (Å²) in [6.07, 6.45) is 1.18. The van der Waals surface area contributed by atoms with E-state index in [9.17, 15) is 4.79 Å².